The average Bonchev–Trinajstić information content (AvgIpc) is 3.17. The van der Waals surface area contributed by atoms with Gasteiger partial charge in [0.2, 0.25) is 5.89 Å². The highest BCUT2D eigenvalue weighted by molar-refractivity contribution is 5.98. The van der Waals surface area contributed by atoms with Gasteiger partial charge in [-0.25, -0.2) is 4.98 Å². The van der Waals surface area contributed by atoms with Gasteiger partial charge in [0.05, 0.1) is 14.2 Å². The molecule has 0 fully saturated rings. The topological polar surface area (TPSA) is 74.5 Å². The number of ketones is 1. The quantitative estimate of drug-likeness (QED) is 0.468. The lowest BCUT2D eigenvalue weighted by Gasteiger charge is -2.09. The van der Waals surface area contributed by atoms with Gasteiger partial charge in [-0.3, -0.25) is 4.79 Å². The third-order valence-electron chi connectivity index (χ3n) is 4.41. The van der Waals surface area contributed by atoms with Crippen LogP contribution in [0, 0.1) is 0 Å². The monoisotopic (exact) mass is 374 g/mol. The van der Waals surface area contributed by atoms with Crippen molar-refractivity contribution in [3.63, 3.8) is 0 Å². The molecule has 0 bridgehead atoms. The van der Waals surface area contributed by atoms with Crippen LogP contribution < -0.4 is 9.47 Å². The summed E-state index contributed by atoms with van der Waals surface area (Å²) < 4.78 is 16.3. The molecule has 4 rings (SSSR count). The number of carbonyl (C=O) groups is 1. The molecule has 0 radical (unpaired) electrons. The average molecular weight is 374 g/mol. The van der Waals surface area contributed by atoms with Crippen molar-refractivity contribution in [2.45, 2.75) is 6.42 Å². The third kappa shape index (κ3) is 3.44. The Morgan fingerprint density at radius 2 is 1.86 bits per heavy atom. The lowest BCUT2D eigenvalue weighted by molar-refractivity contribution is 0.0992. The second-order valence-electron chi connectivity index (χ2n) is 6.21. The summed E-state index contributed by atoms with van der Waals surface area (Å²) in [6.45, 7) is 0. The maximum absolute atomic E-state index is 12.7. The van der Waals surface area contributed by atoms with Gasteiger partial charge in [0, 0.05) is 23.7 Å². The van der Waals surface area contributed by atoms with E-state index in [4.69, 9.17) is 13.9 Å². The molecule has 2 heterocycles. The number of pyridine rings is 1. The van der Waals surface area contributed by atoms with Crippen LogP contribution in [-0.2, 0) is 6.42 Å². The highest BCUT2D eigenvalue weighted by Gasteiger charge is 2.13. The van der Waals surface area contributed by atoms with Crippen LogP contribution in [0.5, 0.6) is 11.5 Å². The third-order valence-corrected chi connectivity index (χ3v) is 4.41. The van der Waals surface area contributed by atoms with E-state index < -0.39 is 0 Å². The standard InChI is InChI=1S/C22H18N2O4/c1-26-18-9-8-15(13-20(18)27-2)17(25)12-14-5-3-6-16(11-14)22-24-21-19(28-22)7-4-10-23-21/h3-11,13H,12H2,1-2H3. The van der Waals surface area contributed by atoms with Gasteiger partial charge in [-0.1, -0.05) is 12.1 Å². The molecule has 0 aliphatic rings. The lowest BCUT2D eigenvalue weighted by Crippen LogP contribution is -2.04. The van der Waals surface area contributed by atoms with E-state index in [9.17, 15) is 4.79 Å². The van der Waals surface area contributed by atoms with Crippen molar-refractivity contribution in [3.8, 4) is 23.0 Å². The van der Waals surface area contributed by atoms with Gasteiger partial charge in [-0.15, -0.1) is 0 Å². The minimum Gasteiger partial charge on any atom is -0.493 e. The van der Waals surface area contributed by atoms with E-state index in [-0.39, 0.29) is 12.2 Å². The van der Waals surface area contributed by atoms with E-state index in [0.717, 1.165) is 11.1 Å². The summed E-state index contributed by atoms with van der Waals surface area (Å²) in [5.74, 6) is 1.58. The molecule has 2 aromatic heterocycles. The number of fused-ring (bicyclic) bond motifs is 1. The number of ether oxygens (including phenoxy) is 2. The van der Waals surface area contributed by atoms with Crippen molar-refractivity contribution >= 4 is 17.0 Å². The van der Waals surface area contributed by atoms with Crippen molar-refractivity contribution in [3.05, 3.63) is 71.9 Å². The van der Waals surface area contributed by atoms with Gasteiger partial charge in [0.1, 0.15) is 0 Å². The van der Waals surface area contributed by atoms with Crippen LogP contribution in [0.15, 0.2) is 65.2 Å². The minimum atomic E-state index is -0.0164. The van der Waals surface area contributed by atoms with Gasteiger partial charge in [-0.05, 0) is 48.0 Å². The Balaban J connectivity index is 1.59. The van der Waals surface area contributed by atoms with E-state index in [1.54, 1.807) is 44.7 Å². The Hall–Kier alpha value is -3.67. The molecule has 0 aliphatic carbocycles. The number of hydrogen-bond acceptors (Lipinski definition) is 6. The summed E-state index contributed by atoms with van der Waals surface area (Å²) in [6.07, 6.45) is 1.93. The molecule has 0 saturated carbocycles. The molecule has 0 N–H and O–H groups in total. The SMILES string of the molecule is COc1ccc(C(=O)Cc2cccc(-c3nc4ncccc4o3)c2)cc1OC. The number of aromatic nitrogens is 2. The van der Waals surface area contributed by atoms with E-state index in [1.807, 2.05) is 30.3 Å². The first-order valence-corrected chi connectivity index (χ1v) is 8.74. The summed E-state index contributed by atoms with van der Waals surface area (Å²) in [6, 6.07) is 16.4. The van der Waals surface area contributed by atoms with Gasteiger partial charge < -0.3 is 13.9 Å². The number of carbonyl (C=O) groups excluding carboxylic acids is 1. The highest BCUT2D eigenvalue weighted by atomic mass is 16.5. The molecular formula is C22H18N2O4. The second kappa shape index (κ2) is 7.52. The predicted molar refractivity (Wildman–Crippen MR) is 105 cm³/mol. The Labute approximate surface area is 161 Å². The van der Waals surface area contributed by atoms with E-state index in [2.05, 4.69) is 9.97 Å². The van der Waals surface area contributed by atoms with Crippen LogP contribution in [0.25, 0.3) is 22.7 Å². The summed E-state index contributed by atoms with van der Waals surface area (Å²) in [7, 11) is 3.11. The van der Waals surface area contributed by atoms with Gasteiger partial charge in [0.25, 0.3) is 0 Å². The number of oxazole rings is 1. The maximum Gasteiger partial charge on any atom is 0.228 e. The summed E-state index contributed by atoms with van der Waals surface area (Å²) in [5.41, 5.74) is 3.42. The Kier molecular flexibility index (Phi) is 4.76. The second-order valence-corrected chi connectivity index (χ2v) is 6.21. The minimum absolute atomic E-state index is 0.0164. The zero-order valence-electron chi connectivity index (χ0n) is 15.5. The molecule has 4 aromatic rings. The fraction of sp³-hybridized carbons (Fsp3) is 0.136. The van der Waals surface area contributed by atoms with Gasteiger partial charge in [0.15, 0.2) is 28.5 Å². The van der Waals surface area contributed by atoms with Crippen molar-refractivity contribution in [2.75, 3.05) is 14.2 Å². The molecular weight excluding hydrogens is 356 g/mol. The van der Waals surface area contributed by atoms with Crippen LogP contribution in [0.2, 0.25) is 0 Å². The van der Waals surface area contributed by atoms with Crippen LogP contribution in [0.1, 0.15) is 15.9 Å². The first kappa shape index (κ1) is 17.7. The highest BCUT2D eigenvalue weighted by Crippen LogP contribution is 2.28. The molecule has 0 spiro atoms. The number of nitrogens with zero attached hydrogens (tertiary/aromatic N) is 2. The summed E-state index contributed by atoms with van der Waals surface area (Å²) in [5, 5.41) is 0. The number of rotatable bonds is 6. The Bertz CT molecular complexity index is 1120. The molecule has 6 heteroatoms. The molecule has 140 valence electrons. The first-order valence-electron chi connectivity index (χ1n) is 8.74. The molecule has 0 aliphatic heterocycles. The van der Waals surface area contributed by atoms with Crippen molar-refractivity contribution < 1.29 is 18.7 Å². The molecule has 0 atom stereocenters. The van der Waals surface area contributed by atoms with E-state index in [1.165, 1.54) is 0 Å². The van der Waals surface area contributed by atoms with Crippen LogP contribution >= 0.6 is 0 Å². The normalized spacial score (nSPS) is 10.8. The number of hydrogen-bond donors (Lipinski definition) is 0. The van der Waals surface area contributed by atoms with Crippen molar-refractivity contribution in [1.29, 1.82) is 0 Å². The Morgan fingerprint density at radius 3 is 2.64 bits per heavy atom. The van der Waals surface area contributed by atoms with Crippen LogP contribution in [0.3, 0.4) is 0 Å². The smallest absolute Gasteiger partial charge is 0.228 e. The molecule has 0 amide bonds. The van der Waals surface area contributed by atoms with Crippen molar-refractivity contribution in [2.24, 2.45) is 0 Å². The molecule has 0 saturated heterocycles. The number of methoxy groups -OCH3 is 2. The number of Topliss-reactive ketones (excluding diaryl/α,β-unsaturated/α-hetero) is 1. The predicted octanol–water partition coefficient (Wildman–Crippen LogP) is 4.33. The maximum atomic E-state index is 12.7. The van der Waals surface area contributed by atoms with Crippen molar-refractivity contribution in [1.82, 2.24) is 9.97 Å². The van der Waals surface area contributed by atoms with Crippen LogP contribution in [0.4, 0.5) is 0 Å². The molecule has 6 nitrogen and oxygen atoms in total. The zero-order valence-corrected chi connectivity index (χ0v) is 15.5. The zero-order chi connectivity index (χ0) is 19.5. The fourth-order valence-electron chi connectivity index (χ4n) is 3.00. The van der Waals surface area contributed by atoms with E-state index >= 15 is 0 Å². The molecule has 2 aromatic carbocycles. The Morgan fingerprint density at radius 1 is 1.00 bits per heavy atom. The molecule has 0 unspecified atom stereocenters. The van der Waals surface area contributed by atoms with Gasteiger partial charge in [-0.2, -0.15) is 4.98 Å². The van der Waals surface area contributed by atoms with Gasteiger partial charge >= 0.3 is 0 Å². The first-order chi connectivity index (χ1) is 13.7. The van der Waals surface area contributed by atoms with E-state index in [0.29, 0.717) is 34.2 Å². The molecule has 28 heavy (non-hydrogen) atoms. The summed E-state index contributed by atoms with van der Waals surface area (Å²) >= 11 is 0. The van der Waals surface area contributed by atoms with Crippen LogP contribution in [-0.4, -0.2) is 30.0 Å². The largest absolute Gasteiger partial charge is 0.493 e. The lowest BCUT2D eigenvalue weighted by atomic mass is 10.0. The number of benzene rings is 2. The summed E-state index contributed by atoms with van der Waals surface area (Å²) in [4.78, 5) is 21.3. The fourth-order valence-corrected chi connectivity index (χ4v) is 3.00.